The predicted molar refractivity (Wildman–Crippen MR) is 77.2 cm³/mol. The van der Waals surface area contributed by atoms with E-state index in [1.165, 1.54) is 0 Å². The quantitative estimate of drug-likeness (QED) is 0.371. The van der Waals surface area contributed by atoms with Gasteiger partial charge in [0.1, 0.15) is 0 Å². The van der Waals surface area contributed by atoms with Crippen LogP contribution in [0.5, 0.6) is 0 Å². The molecule has 0 unspecified atom stereocenters. The minimum atomic E-state index is 0.0280. The Balaban J connectivity index is 2.50. The SMILES string of the molecule is O=C=NCCCC1(CN=C=O)CCC(CCN=C=O)CC1. The number of nitrogens with zero attached hydrogens (tertiary/aromatic N) is 3. The number of hydrogen-bond donors (Lipinski definition) is 0. The monoisotopic (exact) mass is 291 g/mol. The van der Waals surface area contributed by atoms with Gasteiger partial charge in [0.15, 0.2) is 0 Å². The van der Waals surface area contributed by atoms with Crippen LogP contribution in [0.4, 0.5) is 0 Å². The second kappa shape index (κ2) is 9.95. The third-order valence-corrected chi connectivity index (χ3v) is 4.40. The van der Waals surface area contributed by atoms with Crippen LogP contribution in [-0.2, 0) is 14.4 Å². The normalized spacial score (nSPS) is 24.3. The molecule has 0 saturated heterocycles. The Kier molecular flexibility index (Phi) is 8.15. The van der Waals surface area contributed by atoms with E-state index in [1.54, 1.807) is 18.2 Å². The molecule has 1 saturated carbocycles. The van der Waals surface area contributed by atoms with Crippen LogP contribution in [0.3, 0.4) is 0 Å². The molecule has 0 heterocycles. The van der Waals surface area contributed by atoms with E-state index in [-0.39, 0.29) is 5.41 Å². The van der Waals surface area contributed by atoms with Crippen LogP contribution in [0.15, 0.2) is 15.0 Å². The van der Waals surface area contributed by atoms with Crippen molar-refractivity contribution >= 4 is 18.2 Å². The third-order valence-electron chi connectivity index (χ3n) is 4.40. The molecule has 1 fully saturated rings. The zero-order valence-corrected chi connectivity index (χ0v) is 12.2. The van der Waals surface area contributed by atoms with Gasteiger partial charge in [-0.1, -0.05) is 0 Å². The van der Waals surface area contributed by atoms with Crippen molar-refractivity contribution in [2.24, 2.45) is 26.3 Å². The van der Waals surface area contributed by atoms with Gasteiger partial charge in [0.25, 0.3) is 0 Å². The fraction of sp³-hybridized carbons (Fsp3) is 0.800. The Morgan fingerprint density at radius 2 is 1.52 bits per heavy atom. The lowest BCUT2D eigenvalue weighted by atomic mass is 9.67. The van der Waals surface area contributed by atoms with E-state index in [0.717, 1.165) is 44.9 Å². The highest BCUT2D eigenvalue weighted by Gasteiger charge is 2.34. The summed E-state index contributed by atoms with van der Waals surface area (Å²) >= 11 is 0. The number of hydrogen-bond acceptors (Lipinski definition) is 6. The molecule has 0 aromatic carbocycles. The van der Waals surface area contributed by atoms with Crippen LogP contribution in [0, 0.1) is 11.3 Å². The van der Waals surface area contributed by atoms with Crippen molar-refractivity contribution < 1.29 is 14.4 Å². The van der Waals surface area contributed by atoms with E-state index in [0.29, 0.717) is 25.6 Å². The summed E-state index contributed by atoms with van der Waals surface area (Å²) < 4.78 is 0. The maximum atomic E-state index is 10.4. The largest absolute Gasteiger partial charge is 0.234 e. The lowest BCUT2D eigenvalue weighted by Crippen LogP contribution is -2.31. The second-order valence-corrected chi connectivity index (χ2v) is 5.69. The van der Waals surface area contributed by atoms with E-state index in [9.17, 15) is 14.4 Å². The molecule has 0 aromatic heterocycles. The van der Waals surface area contributed by atoms with Crippen molar-refractivity contribution in [1.82, 2.24) is 0 Å². The summed E-state index contributed by atoms with van der Waals surface area (Å²) in [6.45, 7) is 1.52. The molecule has 1 aliphatic rings. The van der Waals surface area contributed by atoms with E-state index in [2.05, 4.69) is 15.0 Å². The molecule has 0 aromatic rings. The van der Waals surface area contributed by atoms with Gasteiger partial charge < -0.3 is 0 Å². The molecule has 0 N–H and O–H groups in total. The molecule has 0 radical (unpaired) electrons. The van der Waals surface area contributed by atoms with Gasteiger partial charge >= 0.3 is 0 Å². The predicted octanol–water partition coefficient (Wildman–Crippen LogP) is 2.34. The van der Waals surface area contributed by atoms with Crippen molar-refractivity contribution in [2.45, 2.75) is 44.9 Å². The standard InChI is InChI=1S/C15H21N3O3/c19-11-16-8-1-5-15(10-18-13-21)6-2-14(3-7-15)4-9-17-12-20/h14H,1-10H2. The molecule has 6 heteroatoms. The summed E-state index contributed by atoms with van der Waals surface area (Å²) in [7, 11) is 0. The lowest BCUT2D eigenvalue weighted by Gasteiger charge is -2.39. The van der Waals surface area contributed by atoms with Crippen LogP contribution in [0.25, 0.3) is 0 Å². The van der Waals surface area contributed by atoms with Gasteiger partial charge in [-0.2, -0.15) is 0 Å². The summed E-state index contributed by atoms with van der Waals surface area (Å²) in [5.41, 5.74) is 0.0280. The number of isocyanates is 3. The topological polar surface area (TPSA) is 88.3 Å². The van der Waals surface area contributed by atoms with Crippen molar-refractivity contribution in [3.63, 3.8) is 0 Å². The van der Waals surface area contributed by atoms with Gasteiger partial charge in [-0.05, 0) is 56.3 Å². The summed E-state index contributed by atoms with van der Waals surface area (Å²) in [4.78, 5) is 41.5. The van der Waals surface area contributed by atoms with Crippen LogP contribution >= 0.6 is 0 Å². The van der Waals surface area contributed by atoms with E-state index in [4.69, 9.17) is 0 Å². The Labute approximate surface area is 124 Å². The van der Waals surface area contributed by atoms with Crippen LogP contribution in [0.2, 0.25) is 0 Å². The first kappa shape index (κ1) is 17.2. The van der Waals surface area contributed by atoms with Gasteiger partial charge in [-0.25, -0.2) is 29.4 Å². The van der Waals surface area contributed by atoms with Crippen LogP contribution in [0.1, 0.15) is 44.9 Å². The smallest absolute Gasteiger partial charge is 0.211 e. The maximum Gasteiger partial charge on any atom is 0.234 e. The molecule has 1 aliphatic carbocycles. The first-order valence-corrected chi connectivity index (χ1v) is 7.37. The Bertz CT molecular complexity index is 451. The number of rotatable bonds is 9. The first-order chi connectivity index (χ1) is 10.3. The van der Waals surface area contributed by atoms with Gasteiger partial charge in [0, 0.05) is 0 Å². The molecule has 21 heavy (non-hydrogen) atoms. The second-order valence-electron chi connectivity index (χ2n) is 5.69. The van der Waals surface area contributed by atoms with E-state index in [1.807, 2.05) is 0 Å². The summed E-state index contributed by atoms with van der Waals surface area (Å²) in [5.74, 6) is 0.573. The van der Waals surface area contributed by atoms with Gasteiger partial charge in [0.05, 0.1) is 19.6 Å². The molecule has 1 rings (SSSR count). The van der Waals surface area contributed by atoms with Crippen molar-refractivity contribution in [3.8, 4) is 0 Å². The molecule has 0 spiro atoms. The fourth-order valence-corrected chi connectivity index (χ4v) is 3.14. The van der Waals surface area contributed by atoms with E-state index < -0.39 is 0 Å². The highest BCUT2D eigenvalue weighted by Crippen LogP contribution is 2.43. The Hall–Kier alpha value is -1.86. The van der Waals surface area contributed by atoms with Crippen LogP contribution < -0.4 is 0 Å². The molecule has 0 aliphatic heterocycles. The molecular weight excluding hydrogens is 270 g/mol. The van der Waals surface area contributed by atoms with Crippen molar-refractivity contribution in [2.75, 3.05) is 19.6 Å². The molecule has 6 nitrogen and oxygen atoms in total. The molecule has 0 amide bonds. The third kappa shape index (κ3) is 6.42. The first-order valence-electron chi connectivity index (χ1n) is 7.37. The zero-order chi connectivity index (χ0) is 15.4. The Morgan fingerprint density at radius 1 is 0.905 bits per heavy atom. The van der Waals surface area contributed by atoms with Crippen molar-refractivity contribution in [3.05, 3.63) is 0 Å². The molecule has 114 valence electrons. The van der Waals surface area contributed by atoms with E-state index >= 15 is 0 Å². The average molecular weight is 291 g/mol. The molecule has 0 atom stereocenters. The van der Waals surface area contributed by atoms with Crippen LogP contribution in [-0.4, -0.2) is 37.9 Å². The van der Waals surface area contributed by atoms with Gasteiger partial charge in [-0.15, -0.1) is 0 Å². The zero-order valence-electron chi connectivity index (χ0n) is 12.2. The molecule has 0 bridgehead atoms. The number of carbonyl (C=O) groups excluding carboxylic acids is 3. The number of aliphatic imine (C=N–C) groups is 3. The molecular formula is C15H21N3O3. The minimum absolute atomic E-state index is 0.0280. The highest BCUT2D eigenvalue weighted by molar-refractivity contribution is 5.33. The lowest BCUT2D eigenvalue weighted by molar-refractivity contribution is 0.139. The Morgan fingerprint density at radius 3 is 2.14 bits per heavy atom. The van der Waals surface area contributed by atoms with Gasteiger partial charge in [-0.3, -0.25) is 0 Å². The minimum Gasteiger partial charge on any atom is -0.211 e. The summed E-state index contributed by atoms with van der Waals surface area (Å²) in [5, 5.41) is 0. The fourth-order valence-electron chi connectivity index (χ4n) is 3.14. The van der Waals surface area contributed by atoms with Crippen molar-refractivity contribution in [1.29, 1.82) is 0 Å². The highest BCUT2D eigenvalue weighted by atomic mass is 16.1. The average Bonchev–Trinajstić information content (AvgIpc) is 2.52. The van der Waals surface area contributed by atoms with Gasteiger partial charge in [0.2, 0.25) is 18.2 Å². The maximum absolute atomic E-state index is 10.4. The summed E-state index contributed by atoms with van der Waals surface area (Å²) in [6.07, 6.45) is 11.5. The summed E-state index contributed by atoms with van der Waals surface area (Å²) in [6, 6.07) is 0.